The molecular formula is C18H21ClN2OS. The van der Waals surface area contributed by atoms with Crippen LogP contribution in [0.3, 0.4) is 0 Å². The van der Waals surface area contributed by atoms with Crippen LogP contribution in [0, 0.1) is 13.8 Å². The number of hydrogen-bond donors (Lipinski definition) is 2. The highest BCUT2D eigenvalue weighted by Crippen LogP contribution is 2.27. The Morgan fingerprint density at radius 3 is 2.57 bits per heavy atom. The van der Waals surface area contributed by atoms with E-state index >= 15 is 0 Å². The molecule has 0 aliphatic rings. The second-order valence-corrected chi connectivity index (χ2v) is 6.34. The standard InChI is InChI=1S/C18H21ClN2OS/c1-11-5-6-12(2)15(9-11)13(3)20-18(23)21-14-7-8-17(22-4)16(19)10-14/h5-10,13H,1-4H3,(H2,20,21,23)/t13-/m0/s1. The molecule has 0 saturated heterocycles. The number of thiocarbonyl (C=S) groups is 1. The SMILES string of the molecule is COc1ccc(NC(=S)N[C@@H](C)c2cc(C)ccc2C)cc1Cl. The van der Waals surface area contributed by atoms with Crippen LogP contribution in [0.15, 0.2) is 36.4 Å². The largest absolute Gasteiger partial charge is 0.495 e. The van der Waals surface area contributed by atoms with Crippen LogP contribution in [0.5, 0.6) is 5.75 Å². The van der Waals surface area contributed by atoms with Gasteiger partial charge in [-0.2, -0.15) is 0 Å². The molecule has 122 valence electrons. The predicted molar refractivity (Wildman–Crippen MR) is 102 cm³/mol. The summed E-state index contributed by atoms with van der Waals surface area (Å²) >= 11 is 11.5. The number of methoxy groups -OCH3 is 1. The molecule has 0 saturated carbocycles. The van der Waals surface area contributed by atoms with Crippen molar-refractivity contribution in [1.29, 1.82) is 0 Å². The number of rotatable bonds is 4. The maximum atomic E-state index is 6.12. The lowest BCUT2D eigenvalue weighted by Crippen LogP contribution is -2.31. The number of hydrogen-bond acceptors (Lipinski definition) is 2. The molecule has 1 atom stereocenters. The van der Waals surface area contributed by atoms with Gasteiger partial charge in [0.25, 0.3) is 0 Å². The lowest BCUT2D eigenvalue weighted by atomic mass is 10.0. The smallest absolute Gasteiger partial charge is 0.171 e. The molecule has 2 rings (SSSR count). The fourth-order valence-corrected chi connectivity index (χ4v) is 2.96. The van der Waals surface area contributed by atoms with Gasteiger partial charge in [0.05, 0.1) is 18.2 Å². The summed E-state index contributed by atoms with van der Waals surface area (Å²) < 4.78 is 5.14. The molecular weight excluding hydrogens is 328 g/mol. The lowest BCUT2D eigenvalue weighted by molar-refractivity contribution is 0.415. The van der Waals surface area contributed by atoms with Crippen LogP contribution >= 0.6 is 23.8 Å². The van der Waals surface area contributed by atoms with E-state index in [1.165, 1.54) is 16.7 Å². The van der Waals surface area contributed by atoms with Crippen molar-refractivity contribution in [3.05, 3.63) is 58.1 Å². The summed E-state index contributed by atoms with van der Waals surface area (Å²) in [5, 5.41) is 7.56. The van der Waals surface area contributed by atoms with Crippen molar-refractivity contribution in [2.75, 3.05) is 12.4 Å². The van der Waals surface area contributed by atoms with E-state index in [4.69, 9.17) is 28.6 Å². The molecule has 0 amide bonds. The average Bonchev–Trinajstić information content (AvgIpc) is 2.49. The summed E-state index contributed by atoms with van der Waals surface area (Å²) in [6.07, 6.45) is 0. The Labute approximate surface area is 148 Å². The molecule has 0 bridgehead atoms. The van der Waals surface area contributed by atoms with E-state index in [1.807, 2.05) is 6.07 Å². The fraction of sp³-hybridized carbons (Fsp3) is 0.278. The summed E-state index contributed by atoms with van der Waals surface area (Å²) in [6, 6.07) is 12.0. The maximum absolute atomic E-state index is 6.12. The summed E-state index contributed by atoms with van der Waals surface area (Å²) in [7, 11) is 1.59. The van der Waals surface area contributed by atoms with Gasteiger partial charge in [-0.05, 0) is 62.3 Å². The van der Waals surface area contributed by atoms with Crippen LogP contribution < -0.4 is 15.4 Å². The van der Waals surface area contributed by atoms with Crippen LogP contribution in [0.25, 0.3) is 0 Å². The molecule has 2 aromatic rings. The topological polar surface area (TPSA) is 33.3 Å². The Kier molecular flexibility index (Phi) is 5.85. The van der Waals surface area contributed by atoms with E-state index in [2.05, 4.69) is 49.6 Å². The third kappa shape index (κ3) is 4.60. The Bertz CT molecular complexity index is 718. The Balaban J connectivity index is 2.04. The first-order valence-corrected chi connectivity index (χ1v) is 8.17. The third-order valence-electron chi connectivity index (χ3n) is 3.66. The van der Waals surface area contributed by atoms with Crippen molar-refractivity contribution < 1.29 is 4.74 Å². The van der Waals surface area contributed by atoms with Crippen LogP contribution in [0.1, 0.15) is 29.7 Å². The average molecular weight is 349 g/mol. The third-order valence-corrected chi connectivity index (χ3v) is 4.17. The zero-order valence-electron chi connectivity index (χ0n) is 13.7. The van der Waals surface area contributed by atoms with Gasteiger partial charge in [0.15, 0.2) is 5.11 Å². The molecule has 23 heavy (non-hydrogen) atoms. The minimum atomic E-state index is 0.114. The molecule has 2 aromatic carbocycles. The molecule has 0 unspecified atom stereocenters. The summed E-state index contributed by atoms with van der Waals surface area (Å²) in [6.45, 7) is 6.29. The quantitative estimate of drug-likeness (QED) is 0.761. The molecule has 2 N–H and O–H groups in total. The van der Waals surface area contributed by atoms with Gasteiger partial charge in [-0.25, -0.2) is 0 Å². The zero-order chi connectivity index (χ0) is 17.0. The normalized spacial score (nSPS) is 11.7. The number of halogens is 1. The van der Waals surface area contributed by atoms with Gasteiger partial charge in [-0.3, -0.25) is 0 Å². The van der Waals surface area contributed by atoms with Crippen molar-refractivity contribution in [3.8, 4) is 5.75 Å². The molecule has 0 aliphatic heterocycles. The molecule has 0 heterocycles. The van der Waals surface area contributed by atoms with Crippen molar-refractivity contribution in [2.24, 2.45) is 0 Å². The van der Waals surface area contributed by atoms with E-state index in [0.29, 0.717) is 15.9 Å². The van der Waals surface area contributed by atoms with Crippen molar-refractivity contribution in [2.45, 2.75) is 26.8 Å². The molecule has 0 radical (unpaired) electrons. The molecule has 0 aromatic heterocycles. The highest BCUT2D eigenvalue weighted by molar-refractivity contribution is 7.80. The van der Waals surface area contributed by atoms with Gasteiger partial charge in [0, 0.05) is 5.69 Å². The second kappa shape index (κ2) is 7.66. The first-order valence-electron chi connectivity index (χ1n) is 7.39. The van der Waals surface area contributed by atoms with E-state index in [0.717, 1.165) is 5.69 Å². The van der Waals surface area contributed by atoms with Gasteiger partial charge >= 0.3 is 0 Å². The first-order chi connectivity index (χ1) is 10.9. The lowest BCUT2D eigenvalue weighted by Gasteiger charge is -2.20. The van der Waals surface area contributed by atoms with Crippen LogP contribution in [-0.2, 0) is 0 Å². The van der Waals surface area contributed by atoms with Gasteiger partial charge in [-0.15, -0.1) is 0 Å². The minimum absolute atomic E-state index is 0.114. The van der Waals surface area contributed by atoms with Gasteiger partial charge in [0.1, 0.15) is 5.75 Å². The molecule has 5 heteroatoms. The van der Waals surface area contributed by atoms with E-state index < -0.39 is 0 Å². The number of ether oxygens (including phenoxy) is 1. The molecule has 0 spiro atoms. The molecule has 3 nitrogen and oxygen atoms in total. The van der Waals surface area contributed by atoms with Gasteiger partial charge in [-0.1, -0.05) is 35.4 Å². The predicted octanol–water partition coefficient (Wildman–Crippen LogP) is 5.01. The first kappa shape index (κ1) is 17.6. The van der Waals surface area contributed by atoms with Crippen molar-refractivity contribution in [3.63, 3.8) is 0 Å². The number of anilines is 1. The van der Waals surface area contributed by atoms with E-state index in [9.17, 15) is 0 Å². The molecule has 0 aliphatic carbocycles. The number of aryl methyl sites for hydroxylation is 2. The van der Waals surface area contributed by atoms with Gasteiger partial charge in [0.2, 0.25) is 0 Å². The van der Waals surface area contributed by atoms with Gasteiger partial charge < -0.3 is 15.4 Å². The second-order valence-electron chi connectivity index (χ2n) is 5.53. The van der Waals surface area contributed by atoms with Crippen LogP contribution in [-0.4, -0.2) is 12.2 Å². The fourth-order valence-electron chi connectivity index (χ4n) is 2.41. The van der Waals surface area contributed by atoms with Crippen LogP contribution in [0.4, 0.5) is 5.69 Å². The Morgan fingerprint density at radius 2 is 1.91 bits per heavy atom. The molecule has 0 fully saturated rings. The van der Waals surface area contributed by atoms with E-state index in [-0.39, 0.29) is 6.04 Å². The Hall–Kier alpha value is -1.78. The maximum Gasteiger partial charge on any atom is 0.171 e. The highest BCUT2D eigenvalue weighted by Gasteiger charge is 2.10. The highest BCUT2D eigenvalue weighted by atomic mass is 35.5. The summed E-state index contributed by atoms with van der Waals surface area (Å²) in [5.41, 5.74) is 4.54. The minimum Gasteiger partial charge on any atom is -0.495 e. The van der Waals surface area contributed by atoms with Crippen molar-refractivity contribution in [1.82, 2.24) is 5.32 Å². The summed E-state index contributed by atoms with van der Waals surface area (Å²) in [5.74, 6) is 0.639. The number of nitrogens with one attached hydrogen (secondary N) is 2. The van der Waals surface area contributed by atoms with E-state index in [1.54, 1.807) is 19.2 Å². The summed E-state index contributed by atoms with van der Waals surface area (Å²) in [4.78, 5) is 0. The zero-order valence-corrected chi connectivity index (χ0v) is 15.3. The number of benzene rings is 2. The Morgan fingerprint density at radius 1 is 1.17 bits per heavy atom. The monoisotopic (exact) mass is 348 g/mol. The van der Waals surface area contributed by atoms with Crippen molar-refractivity contribution >= 4 is 34.6 Å². The van der Waals surface area contributed by atoms with Crippen LogP contribution in [0.2, 0.25) is 5.02 Å².